The minimum atomic E-state index is -3.91. The molecule has 2 aromatic rings. The fourth-order valence-electron chi connectivity index (χ4n) is 2.63. The van der Waals surface area contributed by atoms with Crippen LogP contribution in [0.1, 0.15) is 17.7 Å². The van der Waals surface area contributed by atoms with Crippen LogP contribution in [0.2, 0.25) is 0 Å². The van der Waals surface area contributed by atoms with E-state index in [-0.39, 0.29) is 24.1 Å². The number of nitrogens with zero attached hydrogens (tertiary/aromatic N) is 1. The maximum atomic E-state index is 14.0. The SMILES string of the molecule is O=S(=O)(c1ccccc1F)N(Cc1cccs1)C[C@H]1CCCO1. The number of thiophene rings is 1. The third kappa shape index (κ3) is 3.80. The first kappa shape index (κ1) is 16.6. The second-order valence-electron chi connectivity index (χ2n) is 5.44. The van der Waals surface area contributed by atoms with Crippen molar-refractivity contribution >= 4 is 21.4 Å². The van der Waals surface area contributed by atoms with Gasteiger partial charge in [0.2, 0.25) is 10.0 Å². The summed E-state index contributed by atoms with van der Waals surface area (Å²) < 4.78 is 46.7. The Morgan fingerprint density at radius 2 is 2.09 bits per heavy atom. The zero-order valence-electron chi connectivity index (χ0n) is 12.5. The molecule has 1 fully saturated rings. The van der Waals surface area contributed by atoms with Crippen LogP contribution in [0.4, 0.5) is 4.39 Å². The molecule has 1 saturated heterocycles. The Labute approximate surface area is 139 Å². The topological polar surface area (TPSA) is 46.6 Å². The van der Waals surface area contributed by atoms with Gasteiger partial charge in [0, 0.05) is 24.6 Å². The van der Waals surface area contributed by atoms with Gasteiger partial charge in [0.1, 0.15) is 10.7 Å². The summed E-state index contributed by atoms with van der Waals surface area (Å²) in [5.74, 6) is -0.726. The average molecular weight is 355 g/mol. The van der Waals surface area contributed by atoms with Crippen molar-refractivity contribution in [2.45, 2.75) is 30.4 Å². The summed E-state index contributed by atoms with van der Waals surface area (Å²) in [6, 6.07) is 9.25. The number of benzene rings is 1. The molecule has 0 aliphatic carbocycles. The highest BCUT2D eigenvalue weighted by Crippen LogP contribution is 2.25. The second kappa shape index (κ2) is 7.09. The Hall–Kier alpha value is -1.28. The van der Waals surface area contributed by atoms with Crippen LogP contribution in [0.3, 0.4) is 0 Å². The first-order valence-corrected chi connectivity index (χ1v) is 9.78. The largest absolute Gasteiger partial charge is 0.377 e. The Morgan fingerprint density at radius 1 is 1.26 bits per heavy atom. The lowest BCUT2D eigenvalue weighted by atomic mass is 10.2. The van der Waals surface area contributed by atoms with E-state index in [0.29, 0.717) is 6.61 Å². The molecule has 2 heterocycles. The van der Waals surface area contributed by atoms with Crippen LogP contribution in [0, 0.1) is 5.82 Å². The molecule has 23 heavy (non-hydrogen) atoms. The Kier molecular flexibility index (Phi) is 5.11. The molecule has 0 bridgehead atoms. The Morgan fingerprint density at radius 3 is 2.74 bits per heavy atom. The minimum Gasteiger partial charge on any atom is -0.377 e. The van der Waals surface area contributed by atoms with E-state index in [1.54, 1.807) is 0 Å². The fourth-order valence-corrected chi connectivity index (χ4v) is 4.95. The van der Waals surface area contributed by atoms with E-state index in [4.69, 9.17) is 4.74 Å². The van der Waals surface area contributed by atoms with Crippen molar-refractivity contribution in [3.05, 3.63) is 52.5 Å². The van der Waals surface area contributed by atoms with Crippen molar-refractivity contribution in [1.29, 1.82) is 0 Å². The molecule has 1 aliphatic rings. The monoisotopic (exact) mass is 355 g/mol. The van der Waals surface area contributed by atoms with Gasteiger partial charge in [-0.05, 0) is 36.4 Å². The summed E-state index contributed by atoms with van der Waals surface area (Å²) in [4.78, 5) is 0.637. The summed E-state index contributed by atoms with van der Waals surface area (Å²) >= 11 is 1.48. The van der Waals surface area contributed by atoms with Crippen molar-refractivity contribution < 1.29 is 17.5 Å². The zero-order chi connectivity index (χ0) is 16.3. The van der Waals surface area contributed by atoms with E-state index in [2.05, 4.69) is 0 Å². The maximum absolute atomic E-state index is 14.0. The lowest BCUT2D eigenvalue weighted by Crippen LogP contribution is -2.37. The molecule has 0 radical (unpaired) electrons. The highest BCUT2D eigenvalue weighted by molar-refractivity contribution is 7.89. The molecule has 1 atom stereocenters. The van der Waals surface area contributed by atoms with Gasteiger partial charge in [-0.25, -0.2) is 12.8 Å². The van der Waals surface area contributed by atoms with Crippen LogP contribution in [0.25, 0.3) is 0 Å². The zero-order valence-corrected chi connectivity index (χ0v) is 14.2. The molecule has 7 heteroatoms. The van der Waals surface area contributed by atoms with Crippen molar-refractivity contribution in [2.24, 2.45) is 0 Å². The summed E-state index contributed by atoms with van der Waals surface area (Å²) in [6.07, 6.45) is 1.63. The molecular weight excluding hydrogens is 337 g/mol. The summed E-state index contributed by atoms with van der Waals surface area (Å²) in [5, 5.41) is 1.90. The van der Waals surface area contributed by atoms with Crippen LogP contribution < -0.4 is 0 Å². The van der Waals surface area contributed by atoms with Crippen molar-refractivity contribution in [3.8, 4) is 0 Å². The molecular formula is C16H18FNO3S2. The Balaban J connectivity index is 1.90. The molecule has 0 saturated carbocycles. The molecule has 0 amide bonds. The lowest BCUT2D eigenvalue weighted by Gasteiger charge is -2.24. The number of hydrogen-bond acceptors (Lipinski definition) is 4. The number of rotatable bonds is 6. The fraction of sp³-hybridized carbons (Fsp3) is 0.375. The number of sulfonamides is 1. The standard InChI is InChI=1S/C16H18FNO3S2/c17-15-7-1-2-8-16(15)23(19,20)18(11-13-5-3-9-21-13)12-14-6-4-10-22-14/h1-2,4,6-8,10,13H,3,5,9,11-12H2/t13-/m1/s1. The Bertz CT molecular complexity index is 740. The van der Waals surface area contributed by atoms with Gasteiger partial charge in [0.05, 0.1) is 6.10 Å². The lowest BCUT2D eigenvalue weighted by molar-refractivity contribution is 0.0927. The van der Waals surface area contributed by atoms with Crippen LogP contribution in [-0.2, 0) is 21.3 Å². The summed E-state index contributed by atoms with van der Waals surface area (Å²) in [6.45, 7) is 1.13. The third-order valence-electron chi connectivity index (χ3n) is 3.80. The smallest absolute Gasteiger partial charge is 0.246 e. The van der Waals surface area contributed by atoms with Crippen LogP contribution in [0.5, 0.6) is 0 Å². The molecule has 0 unspecified atom stereocenters. The molecule has 1 aromatic carbocycles. The highest BCUT2D eigenvalue weighted by Gasteiger charge is 2.31. The summed E-state index contributed by atoms with van der Waals surface area (Å²) in [5.41, 5.74) is 0. The van der Waals surface area contributed by atoms with Gasteiger partial charge in [-0.2, -0.15) is 4.31 Å². The van der Waals surface area contributed by atoms with Crippen molar-refractivity contribution in [3.63, 3.8) is 0 Å². The first-order chi connectivity index (χ1) is 11.1. The predicted molar refractivity (Wildman–Crippen MR) is 87.3 cm³/mol. The second-order valence-corrected chi connectivity index (χ2v) is 8.38. The molecule has 0 N–H and O–H groups in total. The quantitative estimate of drug-likeness (QED) is 0.799. The van der Waals surface area contributed by atoms with Gasteiger partial charge in [0.15, 0.2) is 0 Å². The number of hydrogen-bond donors (Lipinski definition) is 0. The maximum Gasteiger partial charge on any atom is 0.246 e. The predicted octanol–water partition coefficient (Wildman–Crippen LogP) is 3.26. The minimum absolute atomic E-state index is 0.128. The van der Waals surface area contributed by atoms with Gasteiger partial charge in [-0.1, -0.05) is 18.2 Å². The molecule has 3 rings (SSSR count). The molecule has 1 aromatic heterocycles. The van der Waals surface area contributed by atoms with Crippen molar-refractivity contribution in [2.75, 3.05) is 13.2 Å². The van der Waals surface area contributed by atoms with Crippen molar-refractivity contribution in [1.82, 2.24) is 4.31 Å². The molecule has 4 nitrogen and oxygen atoms in total. The molecule has 1 aliphatic heterocycles. The average Bonchev–Trinajstić information content (AvgIpc) is 3.20. The normalized spacial score (nSPS) is 18.6. The van der Waals surface area contributed by atoms with Gasteiger partial charge >= 0.3 is 0 Å². The third-order valence-corrected chi connectivity index (χ3v) is 6.50. The number of halogens is 1. The van der Waals surface area contributed by atoms with Crippen LogP contribution >= 0.6 is 11.3 Å². The van der Waals surface area contributed by atoms with Gasteiger partial charge in [-0.15, -0.1) is 11.3 Å². The van der Waals surface area contributed by atoms with Crippen LogP contribution in [-0.4, -0.2) is 32.0 Å². The summed E-state index contributed by atoms with van der Waals surface area (Å²) in [7, 11) is -3.91. The van der Waals surface area contributed by atoms with E-state index in [0.717, 1.165) is 17.7 Å². The molecule has 0 spiro atoms. The number of ether oxygens (including phenoxy) is 1. The van der Waals surface area contributed by atoms with E-state index < -0.39 is 15.8 Å². The van der Waals surface area contributed by atoms with E-state index >= 15 is 0 Å². The van der Waals surface area contributed by atoms with E-state index in [1.807, 2.05) is 17.5 Å². The van der Waals surface area contributed by atoms with Gasteiger partial charge < -0.3 is 4.74 Å². The van der Waals surface area contributed by atoms with E-state index in [1.165, 1.54) is 39.9 Å². The van der Waals surface area contributed by atoms with Gasteiger partial charge in [-0.3, -0.25) is 0 Å². The van der Waals surface area contributed by atoms with E-state index in [9.17, 15) is 12.8 Å². The molecule has 124 valence electrons. The van der Waals surface area contributed by atoms with Crippen LogP contribution in [0.15, 0.2) is 46.7 Å². The highest BCUT2D eigenvalue weighted by atomic mass is 32.2. The van der Waals surface area contributed by atoms with Gasteiger partial charge in [0.25, 0.3) is 0 Å². The first-order valence-electron chi connectivity index (χ1n) is 7.46.